The van der Waals surface area contributed by atoms with E-state index in [2.05, 4.69) is 0 Å². The summed E-state index contributed by atoms with van der Waals surface area (Å²) in [5.41, 5.74) is 1.90. The smallest absolute Gasteiger partial charge is 0.339 e. The van der Waals surface area contributed by atoms with Gasteiger partial charge in [-0.1, -0.05) is 36.0 Å². The summed E-state index contributed by atoms with van der Waals surface area (Å²) in [4.78, 5) is 23.8. The number of methoxy groups -OCH3 is 2. The molecule has 130 valence electrons. The molecule has 0 radical (unpaired) electrons. The fourth-order valence-corrected chi connectivity index (χ4v) is 3.05. The third kappa shape index (κ3) is 4.87. The van der Waals surface area contributed by atoms with Gasteiger partial charge in [-0.3, -0.25) is 4.79 Å². The van der Waals surface area contributed by atoms with E-state index in [1.165, 1.54) is 13.4 Å². The van der Waals surface area contributed by atoms with Crippen molar-refractivity contribution >= 4 is 28.4 Å². The molecule has 2 aromatic carbocycles. The van der Waals surface area contributed by atoms with Crippen LogP contribution in [0.2, 0.25) is 0 Å². The molecule has 1 N–H and O–H groups in total. The van der Waals surface area contributed by atoms with E-state index in [1.807, 2.05) is 6.07 Å². The number of thioether (sulfide) groups is 1. The second-order valence-electron chi connectivity index (χ2n) is 5.03. The van der Waals surface area contributed by atoms with Gasteiger partial charge in [-0.2, -0.15) is 0 Å². The highest BCUT2D eigenvalue weighted by Gasteiger charge is 2.16. The number of benzene rings is 2. The van der Waals surface area contributed by atoms with Crippen molar-refractivity contribution in [3.8, 4) is 5.75 Å². The van der Waals surface area contributed by atoms with Crippen molar-refractivity contribution < 1.29 is 24.2 Å². The molecule has 0 fully saturated rings. The monoisotopic (exact) mass is 358 g/mol. The number of aliphatic carboxylic acids is 1. The number of rotatable bonds is 7. The first-order valence-electron chi connectivity index (χ1n) is 7.42. The molecule has 0 aromatic heterocycles. The van der Waals surface area contributed by atoms with Crippen LogP contribution in [-0.2, 0) is 15.3 Å². The van der Waals surface area contributed by atoms with Crippen LogP contribution in [0.15, 0.2) is 54.8 Å². The van der Waals surface area contributed by atoms with Crippen molar-refractivity contribution in [3.05, 3.63) is 71.5 Å². The summed E-state index contributed by atoms with van der Waals surface area (Å²) in [7, 11) is 2.96. The predicted molar refractivity (Wildman–Crippen MR) is 97.7 cm³/mol. The minimum atomic E-state index is -1.08. The van der Waals surface area contributed by atoms with Gasteiger partial charge in [0.1, 0.15) is 11.3 Å². The fraction of sp³-hybridized carbons (Fsp3) is 0.158. The molecular formula is C19H18O5S. The highest BCUT2D eigenvalue weighted by atomic mass is 32.2. The Labute approximate surface area is 150 Å². The number of carbonyl (C=O) groups excluding carboxylic acids is 1. The lowest BCUT2D eigenvalue weighted by molar-refractivity contribution is -0.130. The lowest BCUT2D eigenvalue weighted by Crippen LogP contribution is -2.04. The van der Waals surface area contributed by atoms with Crippen LogP contribution in [0.25, 0.3) is 5.57 Å². The van der Waals surface area contributed by atoms with Gasteiger partial charge in [-0.25, -0.2) is 4.79 Å². The Morgan fingerprint density at radius 3 is 2.36 bits per heavy atom. The molecule has 0 saturated heterocycles. The number of carboxylic acids is 1. The first-order chi connectivity index (χ1) is 12.1. The molecule has 2 aromatic rings. The van der Waals surface area contributed by atoms with Crippen molar-refractivity contribution in [3.63, 3.8) is 0 Å². The lowest BCUT2D eigenvalue weighted by Gasteiger charge is -2.10. The number of carbonyl (C=O) groups is 2. The standard InChI is InChI=1S/C19H18O5S/c1-23-11-17(18(20)21)16-6-4-3-5-14(16)12-25-19(22)13-7-9-15(24-2)10-8-13/h3-11H,12H2,1-2H3,(H,20,21)/b17-11+. The zero-order valence-corrected chi connectivity index (χ0v) is 14.7. The summed E-state index contributed by atoms with van der Waals surface area (Å²) in [6.45, 7) is 0. The van der Waals surface area contributed by atoms with Crippen LogP contribution in [0.4, 0.5) is 0 Å². The third-order valence-corrected chi connectivity index (χ3v) is 4.41. The Balaban J connectivity index is 2.16. The van der Waals surface area contributed by atoms with Gasteiger partial charge >= 0.3 is 5.97 Å². The van der Waals surface area contributed by atoms with Gasteiger partial charge in [-0.05, 0) is 35.4 Å². The molecule has 6 heteroatoms. The van der Waals surface area contributed by atoms with Crippen molar-refractivity contribution in [2.75, 3.05) is 14.2 Å². The van der Waals surface area contributed by atoms with Gasteiger partial charge in [0.05, 0.1) is 20.5 Å². The van der Waals surface area contributed by atoms with Gasteiger partial charge in [0.2, 0.25) is 5.12 Å². The Morgan fingerprint density at radius 2 is 1.76 bits per heavy atom. The van der Waals surface area contributed by atoms with Crippen molar-refractivity contribution in [1.82, 2.24) is 0 Å². The van der Waals surface area contributed by atoms with Gasteiger partial charge in [0, 0.05) is 11.3 Å². The van der Waals surface area contributed by atoms with E-state index in [0.717, 1.165) is 17.3 Å². The van der Waals surface area contributed by atoms with E-state index in [4.69, 9.17) is 9.47 Å². The maximum atomic E-state index is 12.3. The minimum Gasteiger partial charge on any atom is -0.503 e. The minimum absolute atomic E-state index is 0.0515. The summed E-state index contributed by atoms with van der Waals surface area (Å²) in [6.07, 6.45) is 1.19. The van der Waals surface area contributed by atoms with Crippen LogP contribution in [0.3, 0.4) is 0 Å². The van der Waals surface area contributed by atoms with E-state index >= 15 is 0 Å². The van der Waals surface area contributed by atoms with Gasteiger partial charge in [0.25, 0.3) is 0 Å². The molecule has 0 unspecified atom stereocenters. The molecule has 0 amide bonds. The molecule has 5 nitrogen and oxygen atoms in total. The second kappa shape index (κ2) is 8.94. The Bertz CT molecular complexity index is 781. The second-order valence-corrected chi connectivity index (χ2v) is 5.98. The molecule has 0 heterocycles. The van der Waals surface area contributed by atoms with Crippen molar-refractivity contribution in [2.45, 2.75) is 5.75 Å². The summed E-state index contributed by atoms with van der Waals surface area (Å²) in [5, 5.41) is 9.26. The van der Waals surface area contributed by atoms with Crippen LogP contribution in [-0.4, -0.2) is 30.4 Å². The number of ether oxygens (including phenoxy) is 2. The summed E-state index contributed by atoms with van der Waals surface area (Å²) < 4.78 is 9.94. The van der Waals surface area contributed by atoms with Gasteiger partial charge in [-0.15, -0.1) is 0 Å². The van der Waals surface area contributed by atoms with E-state index in [9.17, 15) is 14.7 Å². The molecule has 0 atom stereocenters. The van der Waals surface area contributed by atoms with E-state index in [1.54, 1.807) is 49.6 Å². The van der Waals surface area contributed by atoms with Crippen LogP contribution in [0.1, 0.15) is 21.5 Å². The molecule has 25 heavy (non-hydrogen) atoms. The Morgan fingerprint density at radius 1 is 1.08 bits per heavy atom. The molecule has 0 bridgehead atoms. The quantitative estimate of drug-likeness (QED) is 0.599. The van der Waals surface area contributed by atoms with Crippen LogP contribution in [0.5, 0.6) is 5.75 Å². The molecule has 0 saturated carbocycles. The van der Waals surface area contributed by atoms with Crippen LogP contribution >= 0.6 is 11.8 Å². The summed E-state index contributed by atoms with van der Waals surface area (Å²) in [6, 6.07) is 13.9. The van der Waals surface area contributed by atoms with Gasteiger partial charge < -0.3 is 14.6 Å². The fourth-order valence-electron chi connectivity index (χ4n) is 2.21. The highest BCUT2D eigenvalue weighted by Crippen LogP contribution is 2.26. The van der Waals surface area contributed by atoms with E-state index in [-0.39, 0.29) is 10.7 Å². The summed E-state index contributed by atoms with van der Waals surface area (Å²) in [5.74, 6) is -0.0430. The maximum absolute atomic E-state index is 12.3. The molecule has 0 aliphatic heterocycles. The topological polar surface area (TPSA) is 72.8 Å². The maximum Gasteiger partial charge on any atom is 0.339 e. The number of hydrogen-bond donors (Lipinski definition) is 1. The summed E-state index contributed by atoms with van der Waals surface area (Å²) >= 11 is 1.12. The zero-order valence-electron chi connectivity index (χ0n) is 13.9. The normalized spacial score (nSPS) is 11.0. The van der Waals surface area contributed by atoms with Crippen molar-refractivity contribution in [2.24, 2.45) is 0 Å². The molecule has 0 aliphatic rings. The van der Waals surface area contributed by atoms with Gasteiger partial charge in [0.15, 0.2) is 0 Å². The van der Waals surface area contributed by atoms with Crippen molar-refractivity contribution in [1.29, 1.82) is 0 Å². The first-order valence-corrected chi connectivity index (χ1v) is 8.41. The SMILES string of the molecule is CO/C=C(/C(=O)O)c1ccccc1CSC(=O)c1ccc(OC)cc1. The third-order valence-electron chi connectivity index (χ3n) is 3.46. The average molecular weight is 358 g/mol. The predicted octanol–water partition coefficient (Wildman–Crippen LogP) is 3.84. The van der Waals surface area contributed by atoms with Crippen LogP contribution < -0.4 is 4.74 Å². The largest absolute Gasteiger partial charge is 0.503 e. The van der Waals surface area contributed by atoms with E-state index in [0.29, 0.717) is 22.6 Å². The highest BCUT2D eigenvalue weighted by molar-refractivity contribution is 8.13. The molecule has 0 aliphatic carbocycles. The molecule has 0 spiro atoms. The van der Waals surface area contributed by atoms with Crippen LogP contribution in [0, 0.1) is 0 Å². The lowest BCUT2D eigenvalue weighted by atomic mass is 10.0. The van der Waals surface area contributed by atoms with E-state index < -0.39 is 5.97 Å². The number of hydrogen-bond acceptors (Lipinski definition) is 5. The Hall–Kier alpha value is -2.73. The first kappa shape index (κ1) is 18.6. The molecular weight excluding hydrogens is 340 g/mol. The zero-order chi connectivity index (χ0) is 18.2. The Kier molecular flexibility index (Phi) is 6.65. The number of carboxylic acid groups (broad SMARTS) is 1. The molecule has 2 rings (SSSR count). The average Bonchev–Trinajstić information content (AvgIpc) is 2.64.